The number of hydrogen-bond acceptors (Lipinski definition) is 4. The predicted octanol–water partition coefficient (Wildman–Crippen LogP) is 1.20. The standard InChI is InChI=1S/C17H33N3O3/c1-16(2,3)13(21)11-12(14(22)19-10-9-18-7)20(8)15(23)17(4,5)6/h12,18H,9-11H2,1-8H3,(H,19,22)/t12-/m0/s1. The minimum Gasteiger partial charge on any atom is -0.353 e. The zero-order chi connectivity index (χ0) is 18.4. The number of carbonyl (C=O) groups excluding carboxylic acids is 3. The summed E-state index contributed by atoms with van der Waals surface area (Å²) < 4.78 is 0. The van der Waals surface area contributed by atoms with Crippen LogP contribution in [0.4, 0.5) is 0 Å². The zero-order valence-corrected chi connectivity index (χ0v) is 15.9. The molecule has 0 aromatic heterocycles. The van der Waals surface area contributed by atoms with Gasteiger partial charge in [-0.25, -0.2) is 0 Å². The molecule has 0 bridgehead atoms. The second kappa shape index (κ2) is 8.43. The van der Waals surface area contributed by atoms with Crippen molar-refractivity contribution in [1.29, 1.82) is 0 Å². The van der Waals surface area contributed by atoms with Crippen LogP contribution in [0.1, 0.15) is 48.0 Å². The topological polar surface area (TPSA) is 78.5 Å². The van der Waals surface area contributed by atoms with Gasteiger partial charge in [0.05, 0.1) is 0 Å². The van der Waals surface area contributed by atoms with Gasteiger partial charge in [-0.2, -0.15) is 0 Å². The van der Waals surface area contributed by atoms with Gasteiger partial charge < -0.3 is 15.5 Å². The smallest absolute Gasteiger partial charge is 0.243 e. The molecule has 0 heterocycles. The molecule has 0 rings (SSSR count). The maximum Gasteiger partial charge on any atom is 0.243 e. The molecule has 0 aliphatic heterocycles. The van der Waals surface area contributed by atoms with Gasteiger partial charge in [0.1, 0.15) is 11.8 Å². The highest BCUT2D eigenvalue weighted by Gasteiger charge is 2.36. The summed E-state index contributed by atoms with van der Waals surface area (Å²) in [4.78, 5) is 38.7. The minimum absolute atomic E-state index is 0.0210. The average Bonchev–Trinajstić information content (AvgIpc) is 2.40. The Hall–Kier alpha value is -1.43. The molecule has 0 radical (unpaired) electrons. The van der Waals surface area contributed by atoms with E-state index in [-0.39, 0.29) is 24.0 Å². The first kappa shape index (κ1) is 21.6. The Morgan fingerprint density at radius 3 is 1.87 bits per heavy atom. The number of Topliss-reactive ketones (excluding diaryl/α,β-unsaturated/α-hetero) is 1. The molecule has 0 aromatic rings. The average molecular weight is 327 g/mol. The van der Waals surface area contributed by atoms with Crippen molar-refractivity contribution in [3.63, 3.8) is 0 Å². The summed E-state index contributed by atoms with van der Waals surface area (Å²) in [5.41, 5.74) is -1.15. The van der Waals surface area contributed by atoms with Crippen LogP contribution in [-0.4, -0.2) is 55.7 Å². The van der Waals surface area contributed by atoms with Crippen LogP contribution in [0.2, 0.25) is 0 Å². The summed E-state index contributed by atoms with van der Waals surface area (Å²) in [7, 11) is 3.38. The quantitative estimate of drug-likeness (QED) is 0.689. The molecule has 2 N–H and O–H groups in total. The lowest BCUT2D eigenvalue weighted by molar-refractivity contribution is -0.146. The third-order valence-corrected chi connectivity index (χ3v) is 3.62. The van der Waals surface area contributed by atoms with Crippen molar-refractivity contribution in [2.45, 2.75) is 54.0 Å². The van der Waals surface area contributed by atoms with E-state index in [0.29, 0.717) is 13.1 Å². The first-order chi connectivity index (χ1) is 10.3. The fourth-order valence-electron chi connectivity index (χ4n) is 1.99. The third kappa shape index (κ3) is 7.12. The number of rotatable bonds is 7. The van der Waals surface area contributed by atoms with Gasteiger partial charge in [-0.05, 0) is 7.05 Å². The van der Waals surface area contributed by atoms with Gasteiger partial charge >= 0.3 is 0 Å². The molecule has 0 saturated heterocycles. The monoisotopic (exact) mass is 327 g/mol. The Bertz CT molecular complexity index is 433. The summed E-state index contributed by atoms with van der Waals surface area (Å²) in [6, 6.07) is -0.787. The van der Waals surface area contributed by atoms with Crippen LogP contribution in [0.5, 0.6) is 0 Å². The van der Waals surface area contributed by atoms with Crippen molar-refractivity contribution in [1.82, 2.24) is 15.5 Å². The van der Waals surface area contributed by atoms with E-state index in [2.05, 4.69) is 10.6 Å². The Kier molecular flexibility index (Phi) is 7.91. The van der Waals surface area contributed by atoms with Crippen LogP contribution < -0.4 is 10.6 Å². The maximum atomic E-state index is 12.5. The molecule has 0 aliphatic carbocycles. The van der Waals surface area contributed by atoms with Gasteiger partial charge in [0.15, 0.2) is 0 Å². The van der Waals surface area contributed by atoms with Crippen molar-refractivity contribution in [2.75, 3.05) is 27.2 Å². The van der Waals surface area contributed by atoms with E-state index in [1.165, 1.54) is 4.90 Å². The Balaban J connectivity index is 5.25. The number of carbonyl (C=O) groups is 3. The predicted molar refractivity (Wildman–Crippen MR) is 92.0 cm³/mol. The molecular formula is C17H33N3O3. The first-order valence-electron chi connectivity index (χ1n) is 8.05. The molecule has 6 heteroatoms. The highest BCUT2D eigenvalue weighted by atomic mass is 16.2. The first-order valence-corrected chi connectivity index (χ1v) is 8.05. The van der Waals surface area contributed by atoms with Crippen molar-refractivity contribution in [3.05, 3.63) is 0 Å². The number of nitrogens with one attached hydrogen (secondary N) is 2. The van der Waals surface area contributed by atoms with Crippen LogP contribution >= 0.6 is 0 Å². The number of ketones is 1. The van der Waals surface area contributed by atoms with E-state index in [1.54, 1.807) is 34.9 Å². The molecule has 0 saturated carbocycles. The second-order valence-corrected chi connectivity index (χ2v) is 7.95. The number of amides is 2. The van der Waals surface area contributed by atoms with Gasteiger partial charge in [-0.3, -0.25) is 14.4 Å². The van der Waals surface area contributed by atoms with Gasteiger partial charge in [0.25, 0.3) is 0 Å². The summed E-state index contributed by atoms with van der Waals surface area (Å²) in [5.74, 6) is -0.495. The van der Waals surface area contributed by atoms with E-state index in [1.807, 2.05) is 20.8 Å². The minimum atomic E-state index is -0.787. The largest absolute Gasteiger partial charge is 0.353 e. The van der Waals surface area contributed by atoms with Crippen LogP contribution in [0.15, 0.2) is 0 Å². The summed E-state index contributed by atoms with van der Waals surface area (Å²) in [6.07, 6.45) is 0.0210. The van der Waals surface area contributed by atoms with Crippen LogP contribution in [-0.2, 0) is 14.4 Å². The molecule has 2 amide bonds. The highest BCUT2D eigenvalue weighted by molar-refractivity contribution is 5.94. The molecule has 6 nitrogen and oxygen atoms in total. The Labute approximate surface area is 140 Å². The molecule has 0 fully saturated rings. The summed E-state index contributed by atoms with van der Waals surface area (Å²) in [5, 5.41) is 5.72. The van der Waals surface area contributed by atoms with E-state index in [9.17, 15) is 14.4 Å². The summed E-state index contributed by atoms with van der Waals surface area (Å²) in [6.45, 7) is 11.9. The van der Waals surface area contributed by atoms with Gasteiger partial charge in [0.2, 0.25) is 11.8 Å². The second-order valence-electron chi connectivity index (χ2n) is 7.95. The third-order valence-electron chi connectivity index (χ3n) is 3.62. The normalized spacial score (nSPS) is 13.4. The van der Waals surface area contributed by atoms with E-state index < -0.39 is 16.9 Å². The van der Waals surface area contributed by atoms with Crippen molar-refractivity contribution >= 4 is 17.6 Å². The van der Waals surface area contributed by atoms with Crippen LogP contribution in [0.25, 0.3) is 0 Å². The zero-order valence-electron chi connectivity index (χ0n) is 15.9. The molecule has 0 spiro atoms. The lowest BCUT2D eigenvalue weighted by Gasteiger charge is -2.33. The maximum absolute atomic E-state index is 12.5. The van der Waals surface area contributed by atoms with E-state index in [0.717, 1.165) is 0 Å². The number of nitrogens with zero attached hydrogens (tertiary/aromatic N) is 1. The number of hydrogen-bond donors (Lipinski definition) is 2. The molecular weight excluding hydrogens is 294 g/mol. The van der Waals surface area contributed by atoms with E-state index >= 15 is 0 Å². The number of likely N-dealkylation sites (N-methyl/N-ethyl adjacent to an activating group) is 2. The van der Waals surface area contributed by atoms with Crippen LogP contribution in [0, 0.1) is 10.8 Å². The van der Waals surface area contributed by atoms with Crippen LogP contribution in [0.3, 0.4) is 0 Å². The van der Waals surface area contributed by atoms with Gasteiger partial charge in [-0.1, -0.05) is 41.5 Å². The molecule has 23 heavy (non-hydrogen) atoms. The highest BCUT2D eigenvalue weighted by Crippen LogP contribution is 2.23. The van der Waals surface area contributed by atoms with Crippen molar-refractivity contribution in [2.24, 2.45) is 10.8 Å². The Morgan fingerprint density at radius 1 is 0.957 bits per heavy atom. The Morgan fingerprint density at radius 2 is 1.48 bits per heavy atom. The fraction of sp³-hybridized carbons (Fsp3) is 0.824. The molecule has 0 aromatic carbocycles. The van der Waals surface area contributed by atoms with Crippen molar-refractivity contribution < 1.29 is 14.4 Å². The van der Waals surface area contributed by atoms with Crippen molar-refractivity contribution in [3.8, 4) is 0 Å². The fourth-order valence-corrected chi connectivity index (χ4v) is 1.99. The SMILES string of the molecule is CNCCNC(=O)[C@H](CC(=O)C(C)(C)C)N(C)C(=O)C(C)(C)C. The lowest BCUT2D eigenvalue weighted by atomic mass is 9.86. The molecule has 0 aliphatic rings. The summed E-state index contributed by atoms with van der Waals surface area (Å²) >= 11 is 0. The molecule has 134 valence electrons. The molecule has 1 atom stereocenters. The van der Waals surface area contributed by atoms with E-state index in [4.69, 9.17) is 0 Å². The van der Waals surface area contributed by atoms with Gasteiger partial charge in [0, 0.05) is 37.4 Å². The lowest BCUT2D eigenvalue weighted by Crippen LogP contribution is -2.52. The van der Waals surface area contributed by atoms with Gasteiger partial charge in [-0.15, -0.1) is 0 Å². The molecule has 0 unspecified atom stereocenters.